The fourth-order valence-electron chi connectivity index (χ4n) is 2.23. The Morgan fingerprint density at radius 3 is 2.63 bits per heavy atom. The van der Waals surface area contributed by atoms with Crippen molar-refractivity contribution in [1.82, 2.24) is 5.32 Å². The molecule has 0 spiro atoms. The summed E-state index contributed by atoms with van der Waals surface area (Å²) >= 11 is 0. The van der Waals surface area contributed by atoms with Gasteiger partial charge in [0.2, 0.25) is 5.91 Å². The first kappa shape index (κ1) is 16.0. The highest BCUT2D eigenvalue weighted by Gasteiger charge is 2.16. The summed E-state index contributed by atoms with van der Waals surface area (Å²) in [6, 6.07) is 0. The van der Waals surface area contributed by atoms with Crippen molar-refractivity contribution >= 4 is 11.9 Å². The Hall–Kier alpha value is -1.10. The maximum absolute atomic E-state index is 11.6. The van der Waals surface area contributed by atoms with Crippen LogP contribution in [0.1, 0.15) is 57.8 Å². The highest BCUT2D eigenvalue weighted by Crippen LogP contribution is 2.15. The number of amides is 1. The summed E-state index contributed by atoms with van der Waals surface area (Å²) in [7, 11) is 0. The molecule has 0 aromatic carbocycles. The molecule has 2 N–H and O–H groups in total. The number of hydrogen-bond donors (Lipinski definition) is 2. The van der Waals surface area contributed by atoms with Crippen molar-refractivity contribution < 1.29 is 19.4 Å². The molecule has 1 saturated heterocycles. The lowest BCUT2D eigenvalue weighted by atomic mass is 10.1. The number of ether oxygens (including phenoxy) is 1. The van der Waals surface area contributed by atoms with E-state index in [2.05, 4.69) is 5.32 Å². The number of nitrogens with one attached hydrogen (secondary N) is 1. The minimum atomic E-state index is -0.735. The molecule has 1 aliphatic heterocycles. The quantitative estimate of drug-likeness (QED) is 0.630. The molecule has 1 aliphatic rings. The molecule has 19 heavy (non-hydrogen) atoms. The summed E-state index contributed by atoms with van der Waals surface area (Å²) < 4.78 is 5.51. The van der Waals surface area contributed by atoms with Crippen molar-refractivity contribution in [3.63, 3.8) is 0 Å². The molecule has 1 heterocycles. The summed E-state index contributed by atoms with van der Waals surface area (Å²) in [5, 5.41) is 11.4. The zero-order valence-electron chi connectivity index (χ0n) is 11.5. The van der Waals surface area contributed by atoms with Gasteiger partial charge in [0.1, 0.15) is 0 Å². The Kier molecular flexibility index (Phi) is 8.21. The van der Waals surface area contributed by atoms with Crippen LogP contribution >= 0.6 is 0 Å². The van der Waals surface area contributed by atoms with Crippen molar-refractivity contribution in [1.29, 1.82) is 0 Å². The molecular weight excluding hydrogens is 246 g/mol. The van der Waals surface area contributed by atoms with E-state index < -0.39 is 5.97 Å². The standard InChI is InChI=1S/C14H25NO4/c16-13(11-12-7-4-6-10-19-12)15-9-5-2-1-3-8-14(17)18/h12H,1-11H2,(H,15,16)(H,17,18). The monoisotopic (exact) mass is 271 g/mol. The molecule has 1 atom stereocenters. The van der Waals surface area contributed by atoms with E-state index in [4.69, 9.17) is 9.84 Å². The smallest absolute Gasteiger partial charge is 0.303 e. The van der Waals surface area contributed by atoms with Crippen molar-refractivity contribution in [2.75, 3.05) is 13.2 Å². The van der Waals surface area contributed by atoms with Gasteiger partial charge >= 0.3 is 5.97 Å². The fourth-order valence-corrected chi connectivity index (χ4v) is 2.23. The molecule has 1 unspecified atom stereocenters. The number of carboxylic acids is 1. The molecule has 0 radical (unpaired) electrons. The van der Waals surface area contributed by atoms with E-state index in [1.807, 2.05) is 0 Å². The van der Waals surface area contributed by atoms with Crippen molar-refractivity contribution in [3.8, 4) is 0 Å². The van der Waals surface area contributed by atoms with Gasteiger partial charge in [0.15, 0.2) is 0 Å². The van der Waals surface area contributed by atoms with Crippen LogP contribution < -0.4 is 5.32 Å². The van der Waals surface area contributed by atoms with Gasteiger partial charge in [-0.3, -0.25) is 9.59 Å². The van der Waals surface area contributed by atoms with E-state index in [-0.39, 0.29) is 18.4 Å². The van der Waals surface area contributed by atoms with Gasteiger partial charge in [-0.15, -0.1) is 0 Å². The maximum atomic E-state index is 11.6. The summed E-state index contributed by atoms with van der Waals surface area (Å²) in [4.78, 5) is 21.9. The van der Waals surface area contributed by atoms with Gasteiger partial charge in [-0.2, -0.15) is 0 Å². The molecule has 0 aliphatic carbocycles. The van der Waals surface area contributed by atoms with Crippen LogP contribution in [0.3, 0.4) is 0 Å². The summed E-state index contributed by atoms with van der Waals surface area (Å²) in [5.74, 6) is -0.668. The molecule has 0 saturated carbocycles. The molecule has 1 rings (SSSR count). The van der Waals surface area contributed by atoms with E-state index in [0.29, 0.717) is 13.0 Å². The molecule has 110 valence electrons. The van der Waals surface area contributed by atoms with Crippen molar-refractivity contribution in [3.05, 3.63) is 0 Å². The third kappa shape index (κ3) is 8.59. The molecule has 5 heteroatoms. The average molecular weight is 271 g/mol. The van der Waals surface area contributed by atoms with E-state index >= 15 is 0 Å². The first-order valence-corrected chi connectivity index (χ1v) is 7.28. The second kappa shape index (κ2) is 9.78. The van der Waals surface area contributed by atoms with E-state index in [1.165, 1.54) is 0 Å². The van der Waals surface area contributed by atoms with E-state index in [1.54, 1.807) is 0 Å². The third-order valence-corrected chi connectivity index (χ3v) is 3.33. The first-order valence-electron chi connectivity index (χ1n) is 7.28. The SMILES string of the molecule is O=C(O)CCCCCCNC(=O)CC1CCCCO1. The lowest BCUT2D eigenvalue weighted by Gasteiger charge is -2.21. The van der Waals surface area contributed by atoms with Crippen LogP contribution in [0.5, 0.6) is 0 Å². The number of carbonyl (C=O) groups excluding carboxylic acids is 1. The molecular formula is C14H25NO4. The summed E-state index contributed by atoms with van der Waals surface area (Å²) in [6.45, 7) is 1.46. The fraction of sp³-hybridized carbons (Fsp3) is 0.857. The number of carboxylic acid groups (broad SMARTS) is 1. The highest BCUT2D eigenvalue weighted by atomic mass is 16.5. The van der Waals surface area contributed by atoms with Crippen LogP contribution in [-0.2, 0) is 14.3 Å². The number of unbranched alkanes of at least 4 members (excludes halogenated alkanes) is 3. The van der Waals surface area contributed by atoms with Crippen LogP contribution in [0.4, 0.5) is 0 Å². The number of carbonyl (C=O) groups is 2. The topological polar surface area (TPSA) is 75.6 Å². The summed E-state index contributed by atoms with van der Waals surface area (Å²) in [5.41, 5.74) is 0. The highest BCUT2D eigenvalue weighted by molar-refractivity contribution is 5.76. The Bertz CT molecular complexity index is 275. The average Bonchev–Trinajstić information content (AvgIpc) is 2.38. The predicted molar refractivity (Wildman–Crippen MR) is 71.9 cm³/mol. The molecule has 0 bridgehead atoms. The lowest BCUT2D eigenvalue weighted by Crippen LogP contribution is -2.31. The predicted octanol–water partition coefficient (Wildman–Crippen LogP) is 2.10. The Balaban J connectivity index is 1.90. The van der Waals surface area contributed by atoms with Crippen LogP contribution in [-0.4, -0.2) is 36.2 Å². The van der Waals surface area contributed by atoms with Crippen LogP contribution in [0.2, 0.25) is 0 Å². The molecule has 1 fully saturated rings. The van der Waals surface area contributed by atoms with Crippen LogP contribution in [0, 0.1) is 0 Å². The van der Waals surface area contributed by atoms with Gasteiger partial charge in [-0.25, -0.2) is 0 Å². The minimum Gasteiger partial charge on any atom is -0.481 e. The zero-order chi connectivity index (χ0) is 13.9. The van der Waals surface area contributed by atoms with Gasteiger partial charge in [0.05, 0.1) is 12.5 Å². The van der Waals surface area contributed by atoms with Crippen LogP contribution in [0.15, 0.2) is 0 Å². The Labute approximate surface area is 114 Å². The van der Waals surface area contributed by atoms with E-state index in [0.717, 1.165) is 51.6 Å². The minimum absolute atomic E-state index is 0.0671. The zero-order valence-corrected chi connectivity index (χ0v) is 11.5. The number of hydrogen-bond acceptors (Lipinski definition) is 3. The maximum Gasteiger partial charge on any atom is 0.303 e. The summed E-state index contributed by atoms with van der Waals surface area (Å²) in [6.07, 6.45) is 7.57. The largest absolute Gasteiger partial charge is 0.481 e. The Morgan fingerprint density at radius 2 is 1.95 bits per heavy atom. The van der Waals surface area contributed by atoms with Gasteiger partial charge in [-0.1, -0.05) is 12.8 Å². The van der Waals surface area contributed by atoms with Crippen molar-refractivity contribution in [2.45, 2.75) is 63.9 Å². The van der Waals surface area contributed by atoms with Gasteiger partial charge in [-0.05, 0) is 32.1 Å². The third-order valence-electron chi connectivity index (χ3n) is 3.33. The van der Waals surface area contributed by atoms with Crippen molar-refractivity contribution in [2.24, 2.45) is 0 Å². The number of aliphatic carboxylic acids is 1. The normalized spacial score (nSPS) is 19.1. The Morgan fingerprint density at radius 1 is 1.16 bits per heavy atom. The molecule has 0 aromatic heterocycles. The molecule has 0 aromatic rings. The van der Waals surface area contributed by atoms with Gasteiger partial charge in [0, 0.05) is 19.6 Å². The second-order valence-corrected chi connectivity index (χ2v) is 5.10. The molecule has 1 amide bonds. The number of rotatable bonds is 9. The second-order valence-electron chi connectivity index (χ2n) is 5.10. The lowest BCUT2D eigenvalue weighted by molar-refractivity contribution is -0.137. The first-order chi connectivity index (χ1) is 9.18. The van der Waals surface area contributed by atoms with Gasteiger partial charge < -0.3 is 15.2 Å². The van der Waals surface area contributed by atoms with Crippen LogP contribution in [0.25, 0.3) is 0 Å². The van der Waals surface area contributed by atoms with Gasteiger partial charge in [0.25, 0.3) is 0 Å². The van der Waals surface area contributed by atoms with E-state index in [9.17, 15) is 9.59 Å². The molecule has 5 nitrogen and oxygen atoms in total.